The zero-order valence-corrected chi connectivity index (χ0v) is 27.3. The Morgan fingerprint density at radius 2 is 1.11 bits per heavy atom. The van der Waals surface area contributed by atoms with Crippen molar-refractivity contribution in [2.45, 2.75) is 117 Å². The Labute approximate surface area is 236 Å². The monoisotopic (exact) mass is 506 g/mol. The third kappa shape index (κ3) is 6.85. The number of rotatable bonds is 0. The van der Waals surface area contributed by atoms with Gasteiger partial charge in [0.05, 0.1) is 0 Å². The maximum absolute atomic E-state index is 13.5. The number of benzene rings is 2. The van der Waals surface area contributed by atoms with Gasteiger partial charge < -0.3 is 9.42 Å². The third-order valence-electron chi connectivity index (χ3n) is 6.82. The van der Waals surface area contributed by atoms with E-state index in [2.05, 4.69) is 107 Å². The van der Waals surface area contributed by atoms with Gasteiger partial charge in [0.25, 0.3) is 0 Å². The van der Waals surface area contributed by atoms with Gasteiger partial charge in [-0.05, 0) is 55.0 Å². The maximum Gasteiger partial charge on any atom is 1.00 e. The van der Waals surface area contributed by atoms with Crippen LogP contribution in [-0.2, 0) is 38.8 Å². The van der Waals surface area contributed by atoms with Crippen LogP contribution in [0.4, 0.5) is 0 Å². The van der Waals surface area contributed by atoms with Gasteiger partial charge in [0, 0.05) is 18.1 Å². The Hall–Kier alpha value is -0.570. The van der Waals surface area contributed by atoms with Crippen LogP contribution in [0.25, 0.3) is 0 Å². The van der Waals surface area contributed by atoms with Gasteiger partial charge in [-0.15, -0.1) is 0 Å². The van der Waals surface area contributed by atoms with Gasteiger partial charge in [-0.3, -0.25) is 4.57 Å². The first-order valence-corrected chi connectivity index (χ1v) is 14.2. The first kappa shape index (κ1) is 30.7. The summed E-state index contributed by atoms with van der Waals surface area (Å²) in [7, 11) is -4.18. The van der Waals surface area contributed by atoms with E-state index in [1.807, 2.05) is 0 Å². The largest absolute Gasteiger partial charge is 1.00 e. The molecule has 0 saturated carbocycles. The molecule has 3 nitrogen and oxygen atoms in total. The van der Waals surface area contributed by atoms with Crippen LogP contribution in [0.1, 0.15) is 122 Å². The van der Waals surface area contributed by atoms with Crippen molar-refractivity contribution in [3.63, 3.8) is 0 Å². The molecule has 0 N–H and O–H groups in total. The van der Waals surface area contributed by atoms with Crippen molar-refractivity contribution in [2.24, 2.45) is 0 Å². The molecule has 0 radical (unpaired) electrons. The van der Waals surface area contributed by atoms with E-state index in [1.54, 1.807) is 0 Å². The van der Waals surface area contributed by atoms with Crippen LogP contribution in [0.2, 0.25) is 0 Å². The number of hydrogen-bond acceptors (Lipinski definition) is 3. The van der Waals surface area contributed by atoms with Gasteiger partial charge in [0.2, 0.25) is 0 Å². The minimum atomic E-state index is -4.18. The fourth-order valence-electron chi connectivity index (χ4n) is 4.67. The van der Waals surface area contributed by atoms with Gasteiger partial charge in [0.15, 0.2) is 7.60 Å². The standard InChI is InChI=1S/C30H45O3P.Na/c1-27(2,3)21-14-19-13-20-15-22(28(4,5)6)17-25(30(10,11)12)26(20)33-34(31,32)18-23(19)24(16-21)29(7,8)9;/h14-17H,13,18H2,1-12H3,(H,31,32);/q;+1/p-1. The molecule has 1 unspecified atom stereocenters. The molecule has 0 fully saturated rings. The molecule has 2 aromatic carbocycles. The quantitative estimate of drug-likeness (QED) is 0.377. The van der Waals surface area contributed by atoms with E-state index in [0.29, 0.717) is 12.2 Å². The van der Waals surface area contributed by atoms with Crippen molar-refractivity contribution >= 4 is 7.60 Å². The molecular weight excluding hydrogens is 462 g/mol. The van der Waals surface area contributed by atoms with E-state index >= 15 is 0 Å². The van der Waals surface area contributed by atoms with Crippen LogP contribution >= 0.6 is 7.60 Å². The third-order valence-corrected chi connectivity index (χ3v) is 7.98. The average molecular weight is 507 g/mol. The molecule has 0 amide bonds. The molecule has 3 rings (SSSR count). The minimum Gasteiger partial charge on any atom is -0.769 e. The fourth-order valence-corrected chi connectivity index (χ4v) is 5.99. The van der Waals surface area contributed by atoms with Gasteiger partial charge in [-0.2, -0.15) is 0 Å². The van der Waals surface area contributed by atoms with Gasteiger partial charge in [-0.1, -0.05) is 107 Å². The molecule has 1 aliphatic rings. The Bertz CT molecular complexity index is 1070. The number of fused-ring (bicyclic) bond motifs is 2. The van der Waals surface area contributed by atoms with Crippen LogP contribution < -0.4 is 39.0 Å². The van der Waals surface area contributed by atoms with Crippen LogP contribution in [0.3, 0.4) is 0 Å². The molecule has 5 heteroatoms. The Morgan fingerprint density at radius 3 is 1.54 bits per heavy atom. The second-order valence-electron chi connectivity index (χ2n) is 14.2. The molecule has 0 aromatic heterocycles. The summed E-state index contributed by atoms with van der Waals surface area (Å²) in [5, 5.41) is 0. The Balaban J connectivity index is 0.00000432. The smallest absolute Gasteiger partial charge is 0.769 e. The molecule has 0 bridgehead atoms. The Kier molecular flexibility index (Phi) is 8.43. The van der Waals surface area contributed by atoms with Crippen LogP contribution in [0, 0.1) is 0 Å². The minimum absolute atomic E-state index is 0. The summed E-state index contributed by atoms with van der Waals surface area (Å²) in [6.07, 6.45) is 0.577. The summed E-state index contributed by atoms with van der Waals surface area (Å²) in [5.74, 6) is 0.531. The predicted molar refractivity (Wildman–Crippen MR) is 142 cm³/mol. The van der Waals surface area contributed by atoms with Gasteiger partial charge >= 0.3 is 29.6 Å². The van der Waals surface area contributed by atoms with Gasteiger partial charge in [-0.25, -0.2) is 0 Å². The normalized spacial score (nSPS) is 19.0. The maximum atomic E-state index is 13.5. The van der Waals surface area contributed by atoms with E-state index in [0.717, 1.165) is 27.8 Å². The average Bonchev–Trinajstić information content (AvgIpc) is 2.58. The SMILES string of the molecule is CC(C)(C)c1cc2c(c(C(C)(C)C)c1)CP(=O)([O-])Oc1c(cc(C(C)(C)C)cc1C(C)(C)C)C2.[Na+]. The molecule has 0 aliphatic carbocycles. The molecule has 2 aromatic rings. The predicted octanol–water partition coefficient (Wildman–Crippen LogP) is 4.92. The van der Waals surface area contributed by atoms with E-state index in [9.17, 15) is 9.46 Å². The molecule has 0 saturated heterocycles. The van der Waals surface area contributed by atoms with Crippen molar-refractivity contribution in [1.82, 2.24) is 0 Å². The zero-order valence-electron chi connectivity index (χ0n) is 24.4. The van der Waals surface area contributed by atoms with Crippen LogP contribution in [0.5, 0.6) is 5.75 Å². The van der Waals surface area contributed by atoms with E-state index in [-0.39, 0.29) is 57.4 Å². The second kappa shape index (κ2) is 9.63. The summed E-state index contributed by atoms with van der Waals surface area (Å²) < 4.78 is 19.4. The second-order valence-corrected chi connectivity index (χ2v) is 15.9. The summed E-state index contributed by atoms with van der Waals surface area (Å²) >= 11 is 0. The molecule has 1 heterocycles. The van der Waals surface area contributed by atoms with Crippen molar-refractivity contribution in [2.75, 3.05) is 0 Å². The van der Waals surface area contributed by atoms with Crippen molar-refractivity contribution < 1.29 is 43.5 Å². The Morgan fingerprint density at radius 1 is 0.686 bits per heavy atom. The first-order valence-electron chi connectivity index (χ1n) is 12.4. The number of hydrogen-bond donors (Lipinski definition) is 0. The molecular formula is C30H44NaO3P. The van der Waals surface area contributed by atoms with Crippen molar-refractivity contribution in [1.29, 1.82) is 0 Å². The summed E-state index contributed by atoms with van der Waals surface area (Å²) in [5.41, 5.74) is 6.92. The molecule has 35 heavy (non-hydrogen) atoms. The molecule has 188 valence electrons. The summed E-state index contributed by atoms with van der Waals surface area (Å²) in [4.78, 5) is 13.5. The van der Waals surface area contributed by atoms with Gasteiger partial charge in [0.1, 0.15) is 5.75 Å². The van der Waals surface area contributed by atoms with E-state index in [1.165, 1.54) is 11.1 Å². The van der Waals surface area contributed by atoms with Crippen LogP contribution in [-0.4, -0.2) is 0 Å². The zero-order chi connectivity index (χ0) is 26.1. The fraction of sp³-hybridized carbons (Fsp3) is 0.600. The topological polar surface area (TPSA) is 49.4 Å². The summed E-state index contributed by atoms with van der Waals surface area (Å²) in [6.45, 7) is 26.1. The van der Waals surface area contributed by atoms with Crippen LogP contribution in [0.15, 0.2) is 24.3 Å². The molecule has 1 atom stereocenters. The van der Waals surface area contributed by atoms with E-state index in [4.69, 9.17) is 4.52 Å². The van der Waals surface area contributed by atoms with Crippen molar-refractivity contribution in [3.05, 3.63) is 63.2 Å². The first-order chi connectivity index (χ1) is 15.1. The van der Waals surface area contributed by atoms with Crippen molar-refractivity contribution in [3.8, 4) is 5.75 Å². The molecule has 0 spiro atoms. The van der Waals surface area contributed by atoms with E-state index < -0.39 is 7.60 Å². The molecule has 1 aliphatic heterocycles. The summed E-state index contributed by atoms with van der Waals surface area (Å²) in [6, 6.07) is 8.77.